The van der Waals surface area contributed by atoms with Gasteiger partial charge in [0.25, 0.3) is 0 Å². The molecule has 1 amide bonds. The van der Waals surface area contributed by atoms with Crippen molar-refractivity contribution in [1.82, 2.24) is 20.3 Å². The van der Waals surface area contributed by atoms with Gasteiger partial charge in [-0.05, 0) is 40.8 Å². The Morgan fingerprint density at radius 3 is 3.00 bits per heavy atom. The van der Waals surface area contributed by atoms with E-state index in [1.165, 1.54) is 0 Å². The number of carbonyl (C=O) groups excluding carboxylic acids is 1. The van der Waals surface area contributed by atoms with Gasteiger partial charge in [-0.2, -0.15) is 0 Å². The number of aromatic nitrogens is 3. The average molecular weight is 392 g/mol. The first-order valence-corrected chi connectivity index (χ1v) is 6.89. The van der Waals surface area contributed by atoms with Crippen LogP contribution in [-0.2, 0) is 11.3 Å². The number of rotatable bonds is 4. The van der Waals surface area contributed by atoms with Crippen LogP contribution in [0.3, 0.4) is 0 Å². The fourth-order valence-electron chi connectivity index (χ4n) is 1.43. The zero-order chi connectivity index (χ0) is 13.8. The Balaban J connectivity index is 2.14. The third-order valence-corrected chi connectivity index (χ3v) is 3.32. The highest BCUT2D eigenvalue weighted by molar-refractivity contribution is 14.1. The maximum absolute atomic E-state index is 11.0. The van der Waals surface area contributed by atoms with Gasteiger partial charge in [0.05, 0.1) is 30.0 Å². The molecule has 1 heterocycles. The summed E-state index contributed by atoms with van der Waals surface area (Å²) in [6, 6.07) is 5.63. The second-order valence-corrected chi connectivity index (χ2v) is 5.38. The van der Waals surface area contributed by atoms with Crippen LogP contribution >= 0.6 is 34.2 Å². The zero-order valence-electron chi connectivity index (χ0n) is 9.81. The lowest BCUT2D eigenvalue weighted by molar-refractivity contribution is -0.119. The van der Waals surface area contributed by atoms with Crippen molar-refractivity contribution in [2.24, 2.45) is 5.73 Å². The summed E-state index contributed by atoms with van der Waals surface area (Å²) in [6.45, 7) is 0.245. The predicted molar refractivity (Wildman–Crippen MR) is 80.0 cm³/mol. The second kappa shape index (κ2) is 6.31. The van der Waals surface area contributed by atoms with E-state index in [2.05, 4.69) is 38.2 Å². The number of nitrogens with one attached hydrogen (secondary N) is 1. The number of benzene rings is 1. The third kappa shape index (κ3) is 3.64. The molecule has 0 fully saturated rings. The molecule has 0 aliphatic heterocycles. The molecule has 0 spiro atoms. The molecule has 6 nitrogen and oxygen atoms in total. The van der Waals surface area contributed by atoms with E-state index in [1.54, 1.807) is 10.9 Å². The highest BCUT2D eigenvalue weighted by Gasteiger charge is 2.07. The first kappa shape index (κ1) is 14.2. The van der Waals surface area contributed by atoms with Crippen LogP contribution in [0.2, 0.25) is 5.02 Å². The Morgan fingerprint density at radius 2 is 2.32 bits per heavy atom. The number of hydrogen-bond acceptors (Lipinski definition) is 4. The topological polar surface area (TPSA) is 85.8 Å². The molecule has 0 radical (unpaired) electrons. The molecule has 3 N–H and O–H groups in total. The number of amides is 1. The lowest BCUT2D eigenvalue weighted by Crippen LogP contribution is -2.29. The van der Waals surface area contributed by atoms with Crippen molar-refractivity contribution in [3.63, 3.8) is 0 Å². The first-order valence-electron chi connectivity index (χ1n) is 5.43. The first-order chi connectivity index (χ1) is 9.10. The Labute approximate surface area is 128 Å². The molecular formula is C11H11ClIN5O. The minimum Gasteiger partial charge on any atom is -0.349 e. The van der Waals surface area contributed by atoms with Crippen LogP contribution in [0, 0.1) is 3.57 Å². The molecule has 2 aromatic rings. The van der Waals surface area contributed by atoms with Crippen LogP contribution in [-0.4, -0.2) is 27.4 Å². The molecule has 1 aromatic carbocycles. The predicted octanol–water partition coefficient (Wildman–Crippen LogP) is 1.10. The van der Waals surface area contributed by atoms with Crippen molar-refractivity contribution in [1.29, 1.82) is 0 Å². The molecular weight excluding hydrogens is 381 g/mol. The number of hydrogen-bond donors (Lipinski definition) is 2. The van der Waals surface area contributed by atoms with Gasteiger partial charge < -0.3 is 11.1 Å². The van der Waals surface area contributed by atoms with Crippen LogP contribution < -0.4 is 11.1 Å². The van der Waals surface area contributed by atoms with Crippen LogP contribution in [0.5, 0.6) is 0 Å². The Bertz CT molecular complexity index is 601. The summed E-state index contributed by atoms with van der Waals surface area (Å²) in [6.07, 6.45) is 1.71. The Hall–Kier alpha value is -1.19. The van der Waals surface area contributed by atoms with Crippen molar-refractivity contribution >= 4 is 40.1 Å². The van der Waals surface area contributed by atoms with Crippen LogP contribution in [0.4, 0.5) is 0 Å². The summed E-state index contributed by atoms with van der Waals surface area (Å²) in [5.41, 5.74) is 6.57. The molecule has 0 unspecified atom stereocenters. The smallest absolute Gasteiger partial charge is 0.234 e. The summed E-state index contributed by atoms with van der Waals surface area (Å²) >= 11 is 8.33. The van der Waals surface area contributed by atoms with Crippen LogP contribution in [0.1, 0.15) is 5.69 Å². The van der Waals surface area contributed by atoms with Crippen molar-refractivity contribution in [3.05, 3.63) is 38.7 Å². The maximum Gasteiger partial charge on any atom is 0.234 e. The van der Waals surface area contributed by atoms with E-state index in [4.69, 9.17) is 17.3 Å². The maximum atomic E-state index is 11.0. The summed E-state index contributed by atoms with van der Waals surface area (Å²) in [5, 5.41) is 11.2. The van der Waals surface area contributed by atoms with E-state index in [0.29, 0.717) is 10.7 Å². The fourth-order valence-corrected chi connectivity index (χ4v) is 2.37. The third-order valence-electron chi connectivity index (χ3n) is 2.35. The van der Waals surface area contributed by atoms with E-state index in [1.807, 2.05) is 18.2 Å². The van der Waals surface area contributed by atoms with E-state index in [9.17, 15) is 4.79 Å². The largest absolute Gasteiger partial charge is 0.349 e. The molecule has 0 saturated heterocycles. The lowest BCUT2D eigenvalue weighted by atomic mass is 10.3. The minimum absolute atomic E-state index is 0.0446. The molecule has 0 bridgehead atoms. The standard InChI is InChI=1S/C11H11ClIN5O/c12-9-3-7(13)1-2-10(9)18-6-8(16-17-18)5-15-11(19)4-14/h1-3,6H,4-5,14H2,(H,15,19). The van der Waals surface area contributed by atoms with Crippen LogP contribution in [0.25, 0.3) is 5.69 Å². The number of halogens is 2. The SMILES string of the molecule is NCC(=O)NCc1cn(-c2ccc(I)cc2Cl)nn1. The molecule has 19 heavy (non-hydrogen) atoms. The van der Waals surface area contributed by atoms with E-state index in [0.717, 1.165) is 9.26 Å². The minimum atomic E-state index is -0.234. The van der Waals surface area contributed by atoms with E-state index in [-0.39, 0.29) is 19.0 Å². The normalized spacial score (nSPS) is 10.5. The number of carbonyl (C=O) groups is 1. The summed E-state index contributed by atoms with van der Waals surface area (Å²) < 4.78 is 2.62. The van der Waals surface area contributed by atoms with Crippen molar-refractivity contribution in [3.8, 4) is 5.69 Å². The van der Waals surface area contributed by atoms with Gasteiger partial charge in [0.2, 0.25) is 5.91 Å². The zero-order valence-corrected chi connectivity index (χ0v) is 12.7. The summed E-state index contributed by atoms with van der Waals surface area (Å²) in [7, 11) is 0. The van der Waals surface area contributed by atoms with Crippen LogP contribution in [0.15, 0.2) is 24.4 Å². The van der Waals surface area contributed by atoms with Gasteiger partial charge >= 0.3 is 0 Å². The van der Waals surface area contributed by atoms with Gasteiger partial charge in [-0.25, -0.2) is 4.68 Å². The molecule has 0 saturated carbocycles. The van der Waals surface area contributed by atoms with Crippen molar-refractivity contribution < 1.29 is 4.79 Å². The molecule has 8 heteroatoms. The lowest BCUT2D eigenvalue weighted by Gasteiger charge is -2.03. The Morgan fingerprint density at radius 1 is 1.53 bits per heavy atom. The molecule has 2 rings (SSSR count). The quantitative estimate of drug-likeness (QED) is 0.764. The summed E-state index contributed by atoms with van der Waals surface area (Å²) in [5.74, 6) is -0.234. The van der Waals surface area contributed by atoms with Gasteiger partial charge in [-0.3, -0.25) is 4.79 Å². The van der Waals surface area contributed by atoms with Gasteiger partial charge in [-0.15, -0.1) is 5.10 Å². The second-order valence-electron chi connectivity index (χ2n) is 3.73. The summed E-state index contributed by atoms with van der Waals surface area (Å²) in [4.78, 5) is 11.0. The monoisotopic (exact) mass is 391 g/mol. The van der Waals surface area contributed by atoms with Gasteiger partial charge in [0.15, 0.2) is 0 Å². The number of nitrogens with zero attached hydrogens (tertiary/aromatic N) is 3. The van der Waals surface area contributed by atoms with Crippen molar-refractivity contribution in [2.75, 3.05) is 6.54 Å². The van der Waals surface area contributed by atoms with Gasteiger partial charge in [-0.1, -0.05) is 16.8 Å². The van der Waals surface area contributed by atoms with E-state index < -0.39 is 0 Å². The Kier molecular flexibility index (Phi) is 4.72. The van der Waals surface area contributed by atoms with E-state index >= 15 is 0 Å². The molecule has 0 aliphatic carbocycles. The van der Waals surface area contributed by atoms with Gasteiger partial charge in [0, 0.05) is 3.57 Å². The van der Waals surface area contributed by atoms with Crippen molar-refractivity contribution in [2.45, 2.75) is 6.54 Å². The molecule has 0 atom stereocenters. The molecule has 1 aromatic heterocycles. The molecule has 100 valence electrons. The average Bonchev–Trinajstić information content (AvgIpc) is 2.84. The highest BCUT2D eigenvalue weighted by Crippen LogP contribution is 2.22. The number of nitrogens with two attached hydrogens (primary N) is 1. The van der Waals surface area contributed by atoms with Gasteiger partial charge in [0.1, 0.15) is 5.69 Å². The fraction of sp³-hybridized carbons (Fsp3) is 0.182. The molecule has 0 aliphatic rings. The highest BCUT2D eigenvalue weighted by atomic mass is 127.